The van der Waals surface area contributed by atoms with Gasteiger partial charge in [0.1, 0.15) is 0 Å². The van der Waals surface area contributed by atoms with Crippen molar-refractivity contribution in [2.75, 3.05) is 6.54 Å². The van der Waals surface area contributed by atoms with Gasteiger partial charge in [0.2, 0.25) is 5.91 Å². The Bertz CT molecular complexity index is 373. The topological polar surface area (TPSA) is 38.1 Å². The van der Waals surface area contributed by atoms with Gasteiger partial charge in [-0.2, -0.15) is 0 Å². The number of allylic oxidation sites excluding steroid dienone is 1. The van der Waals surface area contributed by atoms with Crippen LogP contribution >= 0.6 is 12.4 Å². The maximum absolute atomic E-state index is 10.7. The second-order valence-electron chi connectivity index (χ2n) is 3.58. The van der Waals surface area contributed by atoms with Gasteiger partial charge < -0.3 is 9.47 Å². The van der Waals surface area contributed by atoms with Gasteiger partial charge in [0.15, 0.2) is 0 Å². The first-order chi connectivity index (χ1) is 7.65. The molecule has 0 atom stereocenters. The van der Waals surface area contributed by atoms with Crippen LogP contribution in [0, 0.1) is 0 Å². The van der Waals surface area contributed by atoms with Crippen LogP contribution < -0.4 is 0 Å². The fraction of sp³-hybridized carbons (Fsp3) is 0.333. The van der Waals surface area contributed by atoms with Crippen molar-refractivity contribution in [2.24, 2.45) is 0 Å². The van der Waals surface area contributed by atoms with Crippen LogP contribution in [-0.2, 0) is 4.79 Å². The summed E-state index contributed by atoms with van der Waals surface area (Å²) in [5, 5.41) is 0. The molecule has 1 aliphatic heterocycles. The zero-order chi connectivity index (χ0) is 12.0. The minimum atomic E-state index is 0. The molecule has 0 aliphatic carbocycles. The zero-order valence-electron chi connectivity index (χ0n) is 10.0. The number of nitrogens with zero attached hydrogens (tertiary/aromatic N) is 3. The molecule has 1 fully saturated rings. The normalized spacial score (nSPS) is 13.5. The molecule has 0 unspecified atom stereocenters. The minimum Gasteiger partial charge on any atom is -0.320 e. The number of imidazole rings is 1. The summed E-state index contributed by atoms with van der Waals surface area (Å²) in [5.74, 6) is 0.208. The summed E-state index contributed by atoms with van der Waals surface area (Å²) in [4.78, 5) is 16.2. The molecule has 2 rings (SSSR count). The largest absolute Gasteiger partial charge is 0.320 e. The maximum atomic E-state index is 10.7. The fourth-order valence-corrected chi connectivity index (χ4v) is 1.35. The van der Waals surface area contributed by atoms with Crippen molar-refractivity contribution in [2.45, 2.75) is 19.8 Å². The SMILES string of the molecule is C=C(C)n1ccnc1.C=CN1CCCC1=O.Cl. The van der Waals surface area contributed by atoms with Gasteiger partial charge in [-0.1, -0.05) is 13.2 Å². The highest BCUT2D eigenvalue weighted by atomic mass is 35.5. The highest BCUT2D eigenvalue weighted by Crippen LogP contribution is 2.08. The summed E-state index contributed by atoms with van der Waals surface area (Å²) in [7, 11) is 0. The Hall–Kier alpha value is -1.55. The van der Waals surface area contributed by atoms with E-state index in [1.807, 2.05) is 17.7 Å². The van der Waals surface area contributed by atoms with E-state index in [4.69, 9.17) is 0 Å². The third-order valence-corrected chi connectivity index (χ3v) is 2.28. The zero-order valence-corrected chi connectivity index (χ0v) is 10.8. The summed E-state index contributed by atoms with van der Waals surface area (Å²) >= 11 is 0. The number of amides is 1. The molecule has 0 bridgehead atoms. The van der Waals surface area contributed by atoms with Crippen LogP contribution in [0.5, 0.6) is 0 Å². The van der Waals surface area contributed by atoms with Crippen LogP contribution in [0.15, 0.2) is 38.1 Å². The molecule has 0 aromatic carbocycles. The van der Waals surface area contributed by atoms with Gasteiger partial charge in [-0.15, -0.1) is 12.4 Å². The Labute approximate surface area is 108 Å². The van der Waals surface area contributed by atoms with Gasteiger partial charge >= 0.3 is 0 Å². The quantitative estimate of drug-likeness (QED) is 0.815. The Morgan fingerprint density at radius 1 is 1.59 bits per heavy atom. The number of halogens is 1. The van der Waals surface area contributed by atoms with Crippen molar-refractivity contribution in [1.29, 1.82) is 0 Å². The van der Waals surface area contributed by atoms with E-state index in [1.165, 1.54) is 0 Å². The number of carbonyl (C=O) groups excluding carboxylic acids is 1. The van der Waals surface area contributed by atoms with Crippen molar-refractivity contribution >= 4 is 24.0 Å². The fourth-order valence-electron chi connectivity index (χ4n) is 1.35. The molecule has 1 saturated heterocycles. The molecule has 17 heavy (non-hydrogen) atoms. The van der Waals surface area contributed by atoms with Crippen molar-refractivity contribution in [3.63, 3.8) is 0 Å². The Morgan fingerprint density at radius 3 is 2.53 bits per heavy atom. The number of likely N-dealkylation sites (tertiary alicyclic amines) is 1. The first kappa shape index (κ1) is 15.4. The molecule has 0 N–H and O–H groups in total. The molecule has 4 nitrogen and oxygen atoms in total. The van der Waals surface area contributed by atoms with E-state index in [9.17, 15) is 4.79 Å². The van der Waals surface area contributed by atoms with E-state index in [2.05, 4.69) is 18.1 Å². The van der Waals surface area contributed by atoms with Gasteiger partial charge in [0, 0.05) is 31.1 Å². The molecular formula is C12H18ClN3O. The van der Waals surface area contributed by atoms with Crippen molar-refractivity contribution < 1.29 is 4.79 Å². The lowest BCUT2D eigenvalue weighted by molar-refractivity contribution is -0.125. The minimum absolute atomic E-state index is 0. The average Bonchev–Trinajstić information content (AvgIpc) is 2.88. The summed E-state index contributed by atoms with van der Waals surface area (Å²) in [6.45, 7) is 10.0. The lowest BCUT2D eigenvalue weighted by Gasteiger charge is -2.05. The summed E-state index contributed by atoms with van der Waals surface area (Å²) in [6, 6.07) is 0. The van der Waals surface area contributed by atoms with Crippen LogP contribution in [0.2, 0.25) is 0 Å². The second-order valence-corrected chi connectivity index (χ2v) is 3.58. The Kier molecular flexibility index (Phi) is 6.98. The van der Waals surface area contributed by atoms with Gasteiger partial charge in [-0.25, -0.2) is 4.98 Å². The lowest BCUT2D eigenvalue weighted by atomic mass is 10.4. The molecule has 1 aromatic rings. The van der Waals surface area contributed by atoms with Gasteiger partial charge in [0.05, 0.1) is 6.33 Å². The molecule has 94 valence electrons. The Morgan fingerprint density at radius 2 is 2.29 bits per heavy atom. The molecule has 1 amide bonds. The standard InChI is InChI=1S/C6H8N2.C6H9NO.ClH/c1-6(2)8-4-3-7-5-8;1-2-7-5-3-4-6(7)8;/h3-5H,1H2,2H3;2H,1,3-5H2;1H. The summed E-state index contributed by atoms with van der Waals surface area (Å²) < 4.78 is 1.86. The van der Waals surface area contributed by atoms with E-state index in [1.54, 1.807) is 23.6 Å². The predicted octanol–water partition coefficient (Wildman–Crippen LogP) is 2.55. The molecule has 0 spiro atoms. The molecule has 0 saturated carbocycles. The molecule has 0 radical (unpaired) electrons. The van der Waals surface area contributed by atoms with E-state index in [-0.39, 0.29) is 18.3 Å². The highest BCUT2D eigenvalue weighted by Gasteiger charge is 2.15. The molecule has 5 heteroatoms. The van der Waals surface area contributed by atoms with Crippen LogP contribution in [-0.4, -0.2) is 26.9 Å². The maximum Gasteiger partial charge on any atom is 0.226 e. The van der Waals surface area contributed by atoms with Gasteiger partial charge in [-0.3, -0.25) is 4.79 Å². The third-order valence-electron chi connectivity index (χ3n) is 2.28. The average molecular weight is 256 g/mol. The second kappa shape index (κ2) is 7.68. The number of rotatable bonds is 2. The Balaban J connectivity index is 0.000000284. The first-order valence-corrected chi connectivity index (χ1v) is 5.21. The monoisotopic (exact) mass is 255 g/mol. The summed E-state index contributed by atoms with van der Waals surface area (Å²) in [6.07, 6.45) is 8.60. The van der Waals surface area contributed by atoms with Crippen LogP contribution in [0.1, 0.15) is 19.8 Å². The van der Waals surface area contributed by atoms with Crippen LogP contribution in [0.3, 0.4) is 0 Å². The van der Waals surface area contributed by atoms with Gasteiger partial charge in [0.25, 0.3) is 0 Å². The van der Waals surface area contributed by atoms with Crippen molar-refractivity contribution in [1.82, 2.24) is 14.5 Å². The van der Waals surface area contributed by atoms with E-state index < -0.39 is 0 Å². The molecule has 1 aromatic heterocycles. The molecule has 1 aliphatic rings. The number of hydrogen-bond acceptors (Lipinski definition) is 2. The third kappa shape index (κ3) is 4.87. The predicted molar refractivity (Wildman–Crippen MR) is 71.6 cm³/mol. The lowest BCUT2D eigenvalue weighted by Crippen LogP contribution is -2.16. The first-order valence-electron chi connectivity index (χ1n) is 5.21. The molecular weight excluding hydrogens is 238 g/mol. The highest BCUT2D eigenvalue weighted by molar-refractivity contribution is 5.85. The van der Waals surface area contributed by atoms with Crippen LogP contribution in [0.25, 0.3) is 5.70 Å². The molecule has 2 heterocycles. The number of carbonyl (C=O) groups is 1. The number of aromatic nitrogens is 2. The van der Waals surface area contributed by atoms with Gasteiger partial charge in [-0.05, 0) is 19.5 Å². The smallest absolute Gasteiger partial charge is 0.226 e. The van der Waals surface area contributed by atoms with Crippen LogP contribution in [0.4, 0.5) is 0 Å². The van der Waals surface area contributed by atoms with Crippen molar-refractivity contribution in [3.8, 4) is 0 Å². The van der Waals surface area contributed by atoms with E-state index >= 15 is 0 Å². The van der Waals surface area contributed by atoms with E-state index in [0.717, 1.165) is 18.7 Å². The van der Waals surface area contributed by atoms with Crippen molar-refractivity contribution in [3.05, 3.63) is 38.1 Å². The van der Waals surface area contributed by atoms with E-state index in [0.29, 0.717) is 6.42 Å². The summed E-state index contributed by atoms with van der Waals surface area (Å²) in [5.41, 5.74) is 0.988. The number of hydrogen-bond donors (Lipinski definition) is 0.